The van der Waals surface area contributed by atoms with Crippen LogP contribution in [0.1, 0.15) is 18.9 Å². The van der Waals surface area contributed by atoms with Crippen LogP contribution < -0.4 is 20.7 Å². The van der Waals surface area contributed by atoms with Crippen LogP contribution in [-0.4, -0.2) is 58.5 Å². The Morgan fingerprint density at radius 2 is 2.11 bits per heavy atom. The number of carbonyl (C=O) groups excluding carboxylic acids is 2. The number of nitrogens with zero attached hydrogens (tertiary/aromatic N) is 1. The maximum atomic E-state index is 13.1. The lowest BCUT2D eigenvalue weighted by Crippen LogP contribution is -2.41. The molecule has 2 heterocycles. The summed E-state index contributed by atoms with van der Waals surface area (Å²) in [6.07, 6.45) is 0.791. The van der Waals surface area contributed by atoms with Crippen LogP contribution in [0.3, 0.4) is 0 Å². The lowest BCUT2D eigenvalue weighted by atomic mass is 9.91. The van der Waals surface area contributed by atoms with E-state index in [1.807, 2.05) is 7.05 Å². The predicted molar refractivity (Wildman–Crippen MR) is 97.8 cm³/mol. The van der Waals surface area contributed by atoms with Gasteiger partial charge in [0.05, 0.1) is 12.0 Å². The van der Waals surface area contributed by atoms with Gasteiger partial charge in [-0.3, -0.25) is 10.1 Å². The van der Waals surface area contributed by atoms with Crippen LogP contribution in [-0.2, 0) is 20.4 Å². The minimum absolute atomic E-state index is 0.0681. The molecule has 3 rings (SSSR count). The van der Waals surface area contributed by atoms with Crippen molar-refractivity contribution in [1.29, 1.82) is 0 Å². The second kappa shape index (κ2) is 7.10. The van der Waals surface area contributed by atoms with Crippen molar-refractivity contribution in [2.75, 3.05) is 33.8 Å². The van der Waals surface area contributed by atoms with Crippen LogP contribution in [0.25, 0.3) is 0 Å². The van der Waals surface area contributed by atoms with E-state index in [-0.39, 0.29) is 10.8 Å². The highest BCUT2D eigenvalue weighted by molar-refractivity contribution is 7.89. The molecule has 10 heteroatoms. The number of benzene rings is 1. The van der Waals surface area contributed by atoms with E-state index in [2.05, 4.69) is 16.0 Å². The molecular formula is C17H24N4O5S. The number of ether oxygens (including phenoxy) is 1. The Labute approximate surface area is 158 Å². The predicted octanol–water partition coefficient (Wildman–Crippen LogP) is -0.0202. The minimum atomic E-state index is -3.72. The lowest BCUT2D eigenvalue weighted by Gasteiger charge is -2.25. The first-order valence-electron chi connectivity index (χ1n) is 8.69. The number of hydrogen-bond acceptors (Lipinski definition) is 6. The molecule has 0 radical (unpaired) electrons. The molecule has 0 saturated carbocycles. The fourth-order valence-electron chi connectivity index (χ4n) is 3.59. The molecule has 1 aromatic rings. The number of rotatable bonds is 6. The standard InChI is InChI=1S/C17H24N4O5S/c1-17(15(22)19-16(23)20-17)13-8-12(4-5-14(13)26-3)27(24,25)21-7-6-11(10-21)9-18-2/h4-5,8,11,18H,6-7,9-10H2,1-3H3,(H2,19,20,22,23). The average molecular weight is 396 g/mol. The molecule has 148 valence electrons. The van der Waals surface area contributed by atoms with Crippen molar-refractivity contribution in [3.05, 3.63) is 23.8 Å². The zero-order chi connectivity index (χ0) is 19.8. The topological polar surface area (TPSA) is 117 Å². The van der Waals surface area contributed by atoms with E-state index in [1.165, 1.54) is 36.5 Å². The van der Waals surface area contributed by atoms with Gasteiger partial charge in [-0.05, 0) is 51.1 Å². The van der Waals surface area contributed by atoms with Gasteiger partial charge in [0.2, 0.25) is 10.0 Å². The molecule has 2 unspecified atom stereocenters. The van der Waals surface area contributed by atoms with Crippen molar-refractivity contribution in [2.24, 2.45) is 5.92 Å². The second-order valence-corrected chi connectivity index (χ2v) is 8.91. The van der Waals surface area contributed by atoms with Crippen molar-refractivity contribution in [3.63, 3.8) is 0 Å². The highest BCUT2D eigenvalue weighted by Gasteiger charge is 2.46. The zero-order valence-corrected chi connectivity index (χ0v) is 16.4. The summed E-state index contributed by atoms with van der Waals surface area (Å²) in [5.74, 6) is 0.0267. The van der Waals surface area contributed by atoms with Gasteiger partial charge >= 0.3 is 6.03 Å². The van der Waals surface area contributed by atoms with E-state index < -0.39 is 27.5 Å². The molecular weight excluding hydrogens is 372 g/mol. The number of sulfonamides is 1. The molecule has 3 N–H and O–H groups in total. The van der Waals surface area contributed by atoms with Gasteiger partial charge in [0.15, 0.2) is 0 Å². The summed E-state index contributed by atoms with van der Waals surface area (Å²) in [6.45, 7) is 3.16. The molecule has 3 amide bonds. The molecule has 2 aliphatic heterocycles. The summed E-state index contributed by atoms with van der Waals surface area (Å²) >= 11 is 0. The largest absolute Gasteiger partial charge is 0.496 e. The van der Waals surface area contributed by atoms with E-state index in [9.17, 15) is 18.0 Å². The molecule has 0 bridgehead atoms. The van der Waals surface area contributed by atoms with Gasteiger partial charge in [-0.1, -0.05) is 0 Å². The summed E-state index contributed by atoms with van der Waals surface area (Å²) in [4.78, 5) is 24.0. The number of imide groups is 1. The molecule has 0 spiro atoms. The van der Waals surface area contributed by atoms with E-state index >= 15 is 0 Å². The van der Waals surface area contributed by atoms with Gasteiger partial charge in [-0.15, -0.1) is 0 Å². The Hall–Kier alpha value is -2.17. The maximum absolute atomic E-state index is 13.1. The number of hydrogen-bond donors (Lipinski definition) is 3. The number of urea groups is 1. The van der Waals surface area contributed by atoms with Gasteiger partial charge < -0.3 is 15.4 Å². The highest BCUT2D eigenvalue weighted by atomic mass is 32.2. The van der Waals surface area contributed by atoms with Gasteiger partial charge in [0.25, 0.3) is 5.91 Å². The lowest BCUT2D eigenvalue weighted by molar-refractivity contribution is -0.123. The molecule has 0 aromatic heterocycles. The SMILES string of the molecule is CNCC1CCN(S(=O)(=O)c2ccc(OC)c(C3(C)NC(=O)NC3=O)c2)C1. The summed E-state index contributed by atoms with van der Waals surface area (Å²) in [5, 5.41) is 7.80. The van der Waals surface area contributed by atoms with E-state index in [1.54, 1.807) is 0 Å². The van der Waals surface area contributed by atoms with Crippen LogP contribution >= 0.6 is 0 Å². The third kappa shape index (κ3) is 3.40. The average Bonchev–Trinajstić information content (AvgIpc) is 3.20. The van der Waals surface area contributed by atoms with Crippen LogP contribution in [0.2, 0.25) is 0 Å². The molecule has 2 saturated heterocycles. The Morgan fingerprint density at radius 3 is 2.70 bits per heavy atom. The highest BCUT2D eigenvalue weighted by Crippen LogP contribution is 2.35. The molecule has 0 aliphatic carbocycles. The Morgan fingerprint density at radius 1 is 1.37 bits per heavy atom. The fraction of sp³-hybridized carbons (Fsp3) is 0.529. The normalized spacial score (nSPS) is 26.1. The van der Waals surface area contributed by atoms with Crippen molar-refractivity contribution < 1.29 is 22.7 Å². The quantitative estimate of drug-likeness (QED) is 0.582. The molecule has 2 atom stereocenters. The van der Waals surface area contributed by atoms with Crippen molar-refractivity contribution in [1.82, 2.24) is 20.3 Å². The Kier molecular flexibility index (Phi) is 5.15. The molecule has 2 aliphatic rings. The second-order valence-electron chi connectivity index (χ2n) is 6.97. The first-order valence-corrected chi connectivity index (χ1v) is 10.1. The third-order valence-corrected chi connectivity index (χ3v) is 6.99. The summed E-state index contributed by atoms with van der Waals surface area (Å²) in [6, 6.07) is 3.74. The van der Waals surface area contributed by atoms with E-state index in [0.29, 0.717) is 24.4 Å². The van der Waals surface area contributed by atoms with E-state index in [4.69, 9.17) is 4.74 Å². The van der Waals surface area contributed by atoms with Crippen LogP contribution in [0.5, 0.6) is 5.75 Å². The van der Waals surface area contributed by atoms with Crippen molar-refractivity contribution >= 4 is 22.0 Å². The number of nitrogens with one attached hydrogen (secondary N) is 3. The van der Waals surface area contributed by atoms with Gasteiger partial charge in [-0.25, -0.2) is 13.2 Å². The van der Waals surface area contributed by atoms with Crippen LogP contribution in [0.4, 0.5) is 4.79 Å². The van der Waals surface area contributed by atoms with Gasteiger partial charge in [-0.2, -0.15) is 4.31 Å². The molecule has 27 heavy (non-hydrogen) atoms. The summed E-state index contributed by atoms with van der Waals surface area (Å²) in [5.41, 5.74) is -1.12. The third-order valence-electron chi connectivity index (χ3n) is 5.13. The fourth-order valence-corrected chi connectivity index (χ4v) is 5.15. The molecule has 1 aromatic carbocycles. The van der Waals surface area contributed by atoms with Gasteiger partial charge in [0, 0.05) is 18.7 Å². The smallest absolute Gasteiger partial charge is 0.322 e. The maximum Gasteiger partial charge on any atom is 0.322 e. The minimum Gasteiger partial charge on any atom is -0.496 e. The summed E-state index contributed by atoms with van der Waals surface area (Å²) in [7, 11) is -0.453. The first kappa shape index (κ1) is 19.6. The van der Waals surface area contributed by atoms with Gasteiger partial charge in [0.1, 0.15) is 11.3 Å². The number of methoxy groups -OCH3 is 1. The monoisotopic (exact) mass is 396 g/mol. The Balaban J connectivity index is 1.98. The van der Waals surface area contributed by atoms with Crippen LogP contribution in [0, 0.1) is 5.92 Å². The molecule has 9 nitrogen and oxygen atoms in total. The molecule has 2 fully saturated rings. The van der Waals surface area contributed by atoms with Crippen molar-refractivity contribution in [2.45, 2.75) is 23.8 Å². The van der Waals surface area contributed by atoms with E-state index in [0.717, 1.165) is 13.0 Å². The zero-order valence-electron chi connectivity index (χ0n) is 15.5. The number of amides is 3. The first-order chi connectivity index (χ1) is 12.7. The number of carbonyl (C=O) groups is 2. The Bertz CT molecular complexity index is 872. The van der Waals surface area contributed by atoms with Crippen LogP contribution in [0.15, 0.2) is 23.1 Å². The summed E-state index contributed by atoms with van der Waals surface area (Å²) < 4.78 is 32.9. The van der Waals surface area contributed by atoms with Crippen molar-refractivity contribution in [3.8, 4) is 5.75 Å².